The summed E-state index contributed by atoms with van der Waals surface area (Å²) in [6.07, 6.45) is 0.828. The summed E-state index contributed by atoms with van der Waals surface area (Å²) in [7, 11) is 1.32. The van der Waals surface area contributed by atoms with Gasteiger partial charge in [0.2, 0.25) is 0 Å². The fraction of sp³-hybridized carbons (Fsp3) is 0.571. The maximum Gasteiger partial charge on any atom is 0.348 e. The fourth-order valence-electron chi connectivity index (χ4n) is 2.45. The molecule has 1 unspecified atom stereocenters. The predicted octanol–water partition coefficient (Wildman–Crippen LogP) is 2.72. The van der Waals surface area contributed by atoms with Gasteiger partial charge in [0.15, 0.2) is 0 Å². The number of amides is 1. The number of aryl methyl sites for hydroxylation is 1. The largest absolute Gasteiger partial charge is 0.465 e. The SMILES string of the molecule is COC(=O)c1ccc(CCCN2C(=O)C(F)(F)CC2C)s1. The van der Waals surface area contributed by atoms with Crippen molar-refractivity contribution in [1.82, 2.24) is 4.90 Å². The Balaban J connectivity index is 1.86. The lowest BCUT2D eigenvalue weighted by atomic mass is 10.2. The molecule has 1 atom stereocenters. The summed E-state index contributed by atoms with van der Waals surface area (Å²) in [5.41, 5.74) is 0. The average molecular weight is 317 g/mol. The Morgan fingerprint density at radius 3 is 2.81 bits per heavy atom. The van der Waals surface area contributed by atoms with Crippen molar-refractivity contribution in [3.63, 3.8) is 0 Å². The predicted molar refractivity (Wildman–Crippen MR) is 74.7 cm³/mol. The molecule has 7 heteroatoms. The van der Waals surface area contributed by atoms with Crippen LogP contribution in [0, 0.1) is 0 Å². The molecular formula is C14H17F2NO3S. The van der Waals surface area contributed by atoms with Gasteiger partial charge >= 0.3 is 11.9 Å². The van der Waals surface area contributed by atoms with Gasteiger partial charge in [-0.05, 0) is 31.9 Å². The summed E-state index contributed by atoms with van der Waals surface area (Å²) in [5, 5.41) is 0. The molecule has 0 N–H and O–H groups in total. The minimum Gasteiger partial charge on any atom is -0.465 e. The maximum absolute atomic E-state index is 13.3. The van der Waals surface area contributed by atoms with Gasteiger partial charge in [0.05, 0.1) is 7.11 Å². The number of halogens is 2. The molecule has 116 valence electrons. The number of likely N-dealkylation sites (tertiary alicyclic amines) is 1. The Morgan fingerprint density at radius 1 is 1.52 bits per heavy atom. The molecule has 0 aromatic carbocycles. The maximum atomic E-state index is 13.3. The number of hydrogen-bond donors (Lipinski definition) is 0. The van der Waals surface area contributed by atoms with Crippen LogP contribution >= 0.6 is 11.3 Å². The van der Waals surface area contributed by atoms with Crippen LogP contribution in [0.2, 0.25) is 0 Å². The Morgan fingerprint density at radius 2 is 2.24 bits per heavy atom. The van der Waals surface area contributed by atoms with Gasteiger partial charge in [0, 0.05) is 23.9 Å². The van der Waals surface area contributed by atoms with Crippen LogP contribution in [0.1, 0.15) is 34.3 Å². The summed E-state index contributed by atoms with van der Waals surface area (Å²) in [6, 6.07) is 3.08. The number of alkyl halides is 2. The third-order valence-electron chi connectivity index (χ3n) is 3.53. The van der Waals surface area contributed by atoms with E-state index >= 15 is 0 Å². The molecule has 1 amide bonds. The minimum atomic E-state index is -3.22. The van der Waals surface area contributed by atoms with Gasteiger partial charge < -0.3 is 9.64 Å². The van der Waals surface area contributed by atoms with Crippen molar-refractivity contribution >= 4 is 23.2 Å². The Hall–Kier alpha value is -1.50. The second kappa shape index (κ2) is 6.09. The molecule has 0 bridgehead atoms. The topological polar surface area (TPSA) is 46.6 Å². The highest BCUT2D eigenvalue weighted by Gasteiger charge is 2.51. The second-order valence-corrected chi connectivity index (χ2v) is 6.29. The lowest BCUT2D eigenvalue weighted by Gasteiger charge is -2.20. The van der Waals surface area contributed by atoms with E-state index in [0.717, 1.165) is 4.88 Å². The first kappa shape index (κ1) is 15.9. The lowest BCUT2D eigenvalue weighted by Crippen LogP contribution is -2.36. The van der Waals surface area contributed by atoms with Gasteiger partial charge in [-0.1, -0.05) is 0 Å². The molecule has 0 spiro atoms. The first-order valence-electron chi connectivity index (χ1n) is 6.71. The molecule has 1 aromatic heterocycles. The molecule has 21 heavy (non-hydrogen) atoms. The molecule has 0 aliphatic carbocycles. The summed E-state index contributed by atoms with van der Waals surface area (Å²) in [6.45, 7) is 1.94. The second-order valence-electron chi connectivity index (χ2n) is 5.12. The zero-order chi connectivity index (χ0) is 15.6. The van der Waals surface area contributed by atoms with Gasteiger partial charge in [-0.3, -0.25) is 4.79 Å². The van der Waals surface area contributed by atoms with E-state index < -0.39 is 24.3 Å². The van der Waals surface area contributed by atoms with Crippen LogP contribution in [-0.2, 0) is 16.0 Å². The normalized spacial score (nSPS) is 20.9. The van der Waals surface area contributed by atoms with Crippen molar-refractivity contribution in [1.29, 1.82) is 0 Å². The van der Waals surface area contributed by atoms with E-state index in [0.29, 0.717) is 24.3 Å². The van der Waals surface area contributed by atoms with Crippen LogP contribution in [0.5, 0.6) is 0 Å². The van der Waals surface area contributed by atoms with Crippen molar-refractivity contribution in [2.45, 2.75) is 38.2 Å². The van der Waals surface area contributed by atoms with Crippen LogP contribution in [0.15, 0.2) is 12.1 Å². The minimum absolute atomic E-state index is 0.307. The highest BCUT2D eigenvalue weighted by molar-refractivity contribution is 7.13. The van der Waals surface area contributed by atoms with E-state index in [2.05, 4.69) is 4.74 Å². The number of hydrogen-bond acceptors (Lipinski definition) is 4. The fourth-order valence-corrected chi connectivity index (χ4v) is 3.41. The van der Waals surface area contributed by atoms with Gasteiger partial charge in [0.25, 0.3) is 5.91 Å². The van der Waals surface area contributed by atoms with Crippen molar-refractivity contribution < 1.29 is 23.1 Å². The number of rotatable bonds is 5. The molecule has 2 heterocycles. The number of nitrogens with zero attached hydrogens (tertiary/aromatic N) is 1. The van der Waals surface area contributed by atoms with Crippen LogP contribution in [0.25, 0.3) is 0 Å². The number of thiophene rings is 1. The van der Waals surface area contributed by atoms with E-state index in [-0.39, 0.29) is 5.97 Å². The highest BCUT2D eigenvalue weighted by atomic mass is 32.1. The van der Waals surface area contributed by atoms with E-state index in [4.69, 9.17) is 0 Å². The van der Waals surface area contributed by atoms with Crippen molar-refractivity contribution in [2.75, 3.05) is 13.7 Å². The summed E-state index contributed by atoms with van der Waals surface area (Å²) in [4.78, 5) is 25.6. The van der Waals surface area contributed by atoms with Crippen molar-refractivity contribution in [3.05, 3.63) is 21.9 Å². The van der Waals surface area contributed by atoms with E-state index in [1.807, 2.05) is 6.07 Å². The average Bonchev–Trinajstić information content (AvgIpc) is 2.96. The first-order valence-corrected chi connectivity index (χ1v) is 7.52. The van der Waals surface area contributed by atoms with Crippen molar-refractivity contribution in [2.24, 2.45) is 0 Å². The molecule has 1 aliphatic heterocycles. The van der Waals surface area contributed by atoms with Crippen LogP contribution in [0.4, 0.5) is 8.78 Å². The van der Waals surface area contributed by atoms with Gasteiger partial charge in [0.1, 0.15) is 4.88 Å². The molecular weight excluding hydrogens is 300 g/mol. The molecule has 1 saturated heterocycles. The number of methoxy groups -OCH3 is 1. The van der Waals surface area contributed by atoms with Gasteiger partial charge in [-0.2, -0.15) is 8.78 Å². The Labute approximate surface area is 125 Å². The quantitative estimate of drug-likeness (QED) is 0.785. The molecule has 2 rings (SSSR count). The monoisotopic (exact) mass is 317 g/mol. The Kier molecular flexibility index (Phi) is 4.61. The molecule has 4 nitrogen and oxygen atoms in total. The summed E-state index contributed by atoms with van der Waals surface area (Å²) >= 11 is 1.32. The molecule has 1 aromatic rings. The highest BCUT2D eigenvalue weighted by Crippen LogP contribution is 2.33. The number of ether oxygens (including phenoxy) is 1. The van der Waals surface area contributed by atoms with Crippen LogP contribution in [0.3, 0.4) is 0 Å². The number of carbonyl (C=O) groups excluding carboxylic acids is 2. The number of esters is 1. The molecule has 0 radical (unpaired) electrons. The summed E-state index contributed by atoms with van der Waals surface area (Å²) < 4.78 is 31.2. The van der Waals surface area contributed by atoms with Crippen LogP contribution < -0.4 is 0 Å². The zero-order valence-electron chi connectivity index (χ0n) is 11.9. The summed E-state index contributed by atoms with van der Waals surface area (Å²) in [5.74, 6) is -4.67. The molecule has 1 fully saturated rings. The third-order valence-corrected chi connectivity index (χ3v) is 4.65. The lowest BCUT2D eigenvalue weighted by molar-refractivity contribution is -0.148. The smallest absolute Gasteiger partial charge is 0.348 e. The molecule has 1 aliphatic rings. The van der Waals surface area contributed by atoms with E-state index in [1.54, 1.807) is 13.0 Å². The van der Waals surface area contributed by atoms with E-state index in [9.17, 15) is 18.4 Å². The third kappa shape index (κ3) is 3.40. The Bertz CT molecular complexity index is 544. The van der Waals surface area contributed by atoms with Gasteiger partial charge in [-0.25, -0.2) is 4.79 Å². The van der Waals surface area contributed by atoms with E-state index in [1.165, 1.54) is 23.3 Å². The van der Waals surface area contributed by atoms with Gasteiger partial charge in [-0.15, -0.1) is 11.3 Å². The first-order chi connectivity index (χ1) is 9.85. The molecule has 0 saturated carbocycles. The van der Waals surface area contributed by atoms with Crippen molar-refractivity contribution in [3.8, 4) is 0 Å². The number of carbonyl (C=O) groups is 2. The zero-order valence-corrected chi connectivity index (χ0v) is 12.7. The van der Waals surface area contributed by atoms with Crippen LogP contribution in [-0.4, -0.2) is 42.4 Å². The standard InChI is InChI=1S/C14H17F2NO3S/c1-9-8-14(15,16)13(19)17(9)7-3-4-10-5-6-11(21-10)12(18)20-2/h5-6,9H,3-4,7-8H2,1-2H3.